The highest BCUT2D eigenvalue weighted by atomic mass is 16.6. The number of rotatable bonds is 1. The summed E-state index contributed by atoms with van der Waals surface area (Å²) in [5, 5.41) is 0. The summed E-state index contributed by atoms with van der Waals surface area (Å²) in [4.78, 5) is 10.8. The van der Waals surface area contributed by atoms with E-state index in [0.29, 0.717) is 0 Å². The van der Waals surface area contributed by atoms with Crippen LogP contribution in [-0.2, 0) is 9.53 Å². The Morgan fingerprint density at radius 1 is 1.58 bits per heavy atom. The van der Waals surface area contributed by atoms with Crippen LogP contribution in [0.1, 0.15) is 39.5 Å². The predicted octanol–water partition coefficient (Wildman–Crippen LogP) is 1.21. The Balaban J connectivity index is 2.59. The maximum atomic E-state index is 10.8. The number of nitrogens with two attached hydrogens (primary N) is 1. The first kappa shape index (κ1) is 9.52. The van der Waals surface area contributed by atoms with Gasteiger partial charge < -0.3 is 10.5 Å². The lowest BCUT2D eigenvalue weighted by Gasteiger charge is -2.38. The summed E-state index contributed by atoms with van der Waals surface area (Å²) in [6, 6.07) is 0.00940. The topological polar surface area (TPSA) is 52.3 Å². The van der Waals surface area contributed by atoms with Crippen molar-refractivity contribution in [3.63, 3.8) is 0 Å². The normalized spacial score (nSPS) is 36.1. The van der Waals surface area contributed by atoms with Gasteiger partial charge in [-0.3, -0.25) is 4.79 Å². The van der Waals surface area contributed by atoms with Gasteiger partial charge in [0.25, 0.3) is 0 Å². The molecule has 0 aliphatic heterocycles. The largest absolute Gasteiger partial charge is 0.458 e. The lowest BCUT2D eigenvalue weighted by Crippen LogP contribution is -2.50. The van der Waals surface area contributed by atoms with E-state index in [9.17, 15) is 4.79 Å². The second-order valence-corrected chi connectivity index (χ2v) is 3.76. The fourth-order valence-electron chi connectivity index (χ4n) is 1.79. The molecule has 3 nitrogen and oxygen atoms in total. The van der Waals surface area contributed by atoms with E-state index in [2.05, 4.69) is 0 Å². The van der Waals surface area contributed by atoms with Crippen molar-refractivity contribution in [2.75, 3.05) is 0 Å². The summed E-state index contributed by atoms with van der Waals surface area (Å²) in [5.74, 6) is -0.227. The molecule has 1 aliphatic carbocycles. The summed E-state index contributed by atoms with van der Waals surface area (Å²) in [6.45, 7) is 3.37. The Kier molecular flexibility index (Phi) is 2.73. The summed E-state index contributed by atoms with van der Waals surface area (Å²) < 4.78 is 5.23. The number of carbonyl (C=O) groups excluding carboxylic acids is 1. The maximum absolute atomic E-state index is 10.8. The second kappa shape index (κ2) is 3.44. The zero-order chi connectivity index (χ0) is 9.19. The standard InChI is InChI=1S/C9H17NO2/c1-7(11)12-9(2)6-4-3-5-8(9)10/h8H,3-6,10H2,1-2H3/t8-,9+/m0/s1. The van der Waals surface area contributed by atoms with Gasteiger partial charge >= 0.3 is 5.97 Å². The van der Waals surface area contributed by atoms with Crippen LogP contribution in [0.3, 0.4) is 0 Å². The molecule has 0 spiro atoms. The molecule has 2 atom stereocenters. The van der Waals surface area contributed by atoms with Crippen LogP contribution in [0.2, 0.25) is 0 Å². The van der Waals surface area contributed by atoms with Crippen LogP contribution in [0.15, 0.2) is 0 Å². The lowest BCUT2D eigenvalue weighted by molar-refractivity contribution is -0.160. The van der Waals surface area contributed by atoms with Crippen molar-refractivity contribution in [3.05, 3.63) is 0 Å². The summed E-state index contributed by atoms with van der Waals surface area (Å²) in [6.07, 6.45) is 4.12. The number of esters is 1. The Labute approximate surface area is 73.3 Å². The molecule has 1 rings (SSSR count). The van der Waals surface area contributed by atoms with Crippen LogP contribution in [0.25, 0.3) is 0 Å². The van der Waals surface area contributed by atoms with Crippen molar-refractivity contribution in [2.24, 2.45) is 5.73 Å². The summed E-state index contributed by atoms with van der Waals surface area (Å²) >= 11 is 0. The molecule has 0 heterocycles. The average Bonchev–Trinajstić information content (AvgIpc) is 1.94. The van der Waals surface area contributed by atoms with Gasteiger partial charge in [0.05, 0.1) is 0 Å². The molecule has 1 aliphatic rings. The molecule has 0 unspecified atom stereocenters. The minimum absolute atomic E-state index is 0.00940. The van der Waals surface area contributed by atoms with Gasteiger partial charge in [-0.1, -0.05) is 6.42 Å². The first-order chi connectivity index (χ1) is 5.54. The molecule has 12 heavy (non-hydrogen) atoms. The summed E-state index contributed by atoms with van der Waals surface area (Å²) in [7, 11) is 0. The number of hydrogen-bond donors (Lipinski definition) is 1. The molecular weight excluding hydrogens is 154 g/mol. The van der Waals surface area contributed by atoms with Gasteiger partial charge in [-0.25, -0.2) is 0 Å². The van der Waals surface area contributed by atoms with E-state index in [1.807, 2.05) is 6.92 Å². The van der Waals surface area contributed by atoms with E-state index in [1.165, 1.54) is 6.92 Å². The van der Waals surface area contributed by atoms with Gasteiger partial charge in [0.15, 0.2) is 0 Å². The van der Waals surface area contributed by atoms with Crippen LogP contribution in [0.4, 0.5) is 0 Å². The van der Waals surface area contributed by atoms with Crippen LogP contribution in [0, 0.1) is 0 Å². The Morgan fingerprint density at radius 3 is 2.75 bits per heavy atom. The Morgan fingerprint density at radius 2 is 2.25 bits per heavy atom. The lowest BCUT2D eigenvalue weighted by atomic mass is 9.82. The van der Waals surface area contributed by atoms with Gasteiger partial charge in [-0.05, 0) is 26.2 Å². The van der Waals surface area contributed by atoms with Gasteiger partial charge in [0.1, 0.15) is 5.60 Å². The second-order valence-electron chi connectivity index (χ2n) is 3.76. The molecule has 2 N–H and O–H groups in total. The molecule has 0 aromatic heterocycles. The van der Waals surface area contributed by atoms with Crippen LogP contribution < -0.4 is 5.73 Å². The van der Waals surface area contributed by atoms with Crippen molar-refractivity contribution in [3.8, 4) is 0 Å². The number of ether oxygens (including phenoxy) is 1. The maximum Gasteiger partial charge on any atom is 0.303 e. The minimum atomic E-state index is -0.413. The average molecular weight is 171 g/mol. The van der Waals surface area contributed by atoms with Gasteiger partial charge in [-0.2, -0.15) is 0 Å². The van der Waals surface area contributed by atoms with Crippen molar-refractivity contribution in [1.82, 2.24) is 0 Å². The zero-order valence-electron chi connectivity index (χ0n) is 7.80. The Bertz CT molecular complexity index is 181. The van der Waals surface area contributed by atoms with E-state index < -0.39 is 5.60 Å². The van der Waals surface area contributed by atoms with E-state index in [1.54, 1.807) is 0 Å². The molecule has 70 valence electrons. The SMILES string of the molecule is CC(=O)O[C@]1(C)CCCC[C@@H]1N. The van der Waals surface area contributed by atoms with Gasteiger partial charge in [-0.15, -0.1) is 0 Å². The molecule has 0 amide bonds. The smallest absolute Gasteiger partial charge is 0.303 e. The molecule has 0 aromatic carbocycles. The highest BCUT2D eigenvalue weighted by molar-refractivity contribution is 5.66. The van der Waals surface area contributed by atoms with E-state index in [0.717, 1.165) is 25.7 Å². The molecular formula is C9H17NO2. The minimum Gasteiger partial charge on any atom is -0.458 e. The first-order valence-electron chi connectivity index (χ1n) is 4.50. The van der Waals surface area contributed by atoms with Crippen molar-refractivity contribution >= 4 is 5.97 Å². The molecule has 0 saturated heterocycles. The molecule has 0 bridgehead atoms. The Hall–Kier alpha value is -0.570. The van der Waals surface area contributed by atoms with Gasteiger partial charge in [0, 0.05) is 13.0 Å². The highest BCUT2D eigenvalue weighted by Gasteiger charge is 2.36. The first-order valence-corrected chi connectivity index (χ1v) is 4.50. The third-order valence-electron chi connectivity index (χ3n) is 2.60. The summed E-state index contributed by atoms with van der Waals surface area (Å²) in [5.41, 5.74) is 5.47. The van der Waals surface area contributed by atoms with E-state index >= 15 is 0 Å². The molecule has 1 saturated carbocycles. The third kappa shape index (κ3) is 1.97. The van der Waals surface area contributed by atoms with Crippen molar-refractivity contribution in [2.45, 2.75) is 51.2 Å². The molecule has 0 radical (unpaired) electrons. The van der Waals surface area contributed by atoms with Crippen LogP contribution in [-0.4, -0.2) is 17.6 Å². The van der Waals surface area contributed by atoms with Crippen LogP contribution >= 0.6 is 0 Å². The van der Waals surface area contributed by atoms with Gasteiger partial charge in [0.2, 0.25) is 0 Å². The van der Waals surface area contributed by atoms with E-state index in [4.69, 9.17) is 10.5 Å². The van der Waals surface area contributed by atoms with Crippen LogP contribution in [0.5, 0.6) is 0 Å². The molecule has 3 heteroatoms. The fraction of sp³-hybridized carbons (Fsp3) is 0.889. The predicted molar refractivity (Wildman–Crippen MR) is 46.6 cm³/mol. The quantitative estimate of drug-likeness (QED) is 0.603. The third-order valence-corrected chi connectivity index (χ3v) is 2.60. The molecule has 0 aromatic rings. The molecule has 1 fully saturated rings. The van der Waals surface area contributed by atoms with Crippen molar-refractivity contribution in [1.29, 1.82) is 0 Å². The zero-order valence-corrected chi connectivity index (χ0v) is 7.80. The monoisotopic (exact) mass is 171 g/mol. The van der Waals surface area contributed by atoms with Crippen molar-refractivity contribution < 1.29 is 9.53 Å². The number of hydrogen-bond acceptors (Lipinski definition) is 3. The highest BCUT2D eigenvalue weighted by Crippen LogP contribution is 2.30. The number of carbonyl (C=O) groups is 1. The van der Waals surface area contributed by atoms with E-state index in [-0.39, 0.29) is 12.0 Å². The fourth-order valence-corrected chi connectivity index (χ4v) is 1.79.